The van der Waals surface area contributed by atoms with Crippen LogP contribution in [0.1, 0.15) is 26.3 Å². The molecule has 0 saturated carbocycles. The predicted octanol–water partition coefficient (Wildman–Crippen LogP) is 3.34. The van der Waals surface area contributed by atoms with Gasteiger partial charge >= 0.3 is 0 Å². The second-order valence-corrected chi connectivity index (χ2v) is 3.31. The molecule has 0 aliphatic rings. The van der Waals surface area contributed by atoms with Crippen molar-refractivity contribution in [1.82, 2.24) is 10.2 Å². The Morgan fingerprint density at radius 2 is 2.21 bits per heavy atom. The summed E-state index contributed by atoms with van der Waals surface area (Å²) in [5.41, 5.74) is 4.56. The average Bonchev–Trinajstić information content (AvgIpc) is 2.65. The van der Waals surface area contributed by atoms with E-state index in [1.54, 1.807) is 0 Å². The van der Waals surface area contributed by atoms with E-state index in [9.17, 15) is 0 Å². The lowest BCUT2D eigenvalue weighted by Gasteiger charge is -2.05. The van der Waals surface area contributed by atoms with Crippen LogP contribution in [0.4, 0.5) is 0 Å². The smallest absolute Gasteiger partial charge is 0.0562 e. The lowest BCUT2D eigenvalue weighted by Crippen LogP contribution is -1.85. The fourth-order valence-electron chi connectivity index (χ4n) is 1.37. The maximum atomic E-state index is 3.97. The first-order valence-corrected chi connectivity index (χ1v) is 4.65. The molecule has 2 heteroatoms. The van der Waals surface area contributed by atoms with Crippen molar-refractivity contribution in [3.8, 4) is 0 Å². The minimum absolute atomic E-state index is 1.07. The molecule has 0 aromatic carbocycles. The summed E-state index contributed by atoms with van der Waals surface area (Å²) in [5.74, 6) is 0. The van der Waals surface area contributed by atoms with Crippen LogP contribution in [0.3, 0.4) is 0 Å². The van der Waals surface area contributed by atoms with Crippen LogP contribution in [0.5, 0.6) is 0 Å². The van der Waals surface area contributed by atoms with Gasteiger partial charge in [0.15, 0.2) is 0 Å². The summed E-state index contributed by atoms with van der Waals surface area (Å²) in [6.07, 6.45) is 7.81. The number of aromatic amines is 1. The van der Waals surface area contributed by atoms with Crippen molar-refractivity contribution in [3.63, 3.8) is 0 Å². The van der Waals surface area contributed by atoms with E-state index in [0.29, 0.717) is 0 Å². The molecule has 0 amide bonds. The predicted molar refractivity (Wildman–Crippen MR) is 60.8 cm³/mol. The zero-order chi connectivity index (χ0) is 10.6. The highest BCUT2D eigenvalue weighted by molar-refractivity contribution is 5.72. The summed E-state index contributed by atoms with van der Waals surface area (Å²) in [6, 6.07) is 0. The molecule has 0 unspecified atom stereocenters. The third kappa shape index (κ3) is 2.22. The number of hydrogen-bond acceptors (Lipinski definition) is 1. The van der Waals surface area contributed by atoms with Gasteiger partial charge in [-0.25, -0.2) is 0 Å². The zero-order valence-corrected chi connectivity index (χ0v) is 8.96. The highest BCUT2D eigenvalue weighted by Crippen LogP contribution is 2.22. The summed E-state index contributed by atoms with van der Waals surface area (Å²) < 4.78 is 0. The third-order valence-corrected chi connectivity index (χ3v) is 2.13. The second-order valence-electron chi connectivity index (χ2n) is 3.31. The maximum Gasteiger partial charge on any atom is 0.0562 e. The number of rotatable bonds is 3. The topological polar surface area (TPSA) is 28.7 Å². The van der Waals surface area contributed by atoms with Crippen LogP contribution in [0, 0.1) is 0 Å². The molecule has 0 aliphatic carbocycles. The van der Waals surface area contributed by atoms with E-state index in [4.69, 9.17) is 0 Å². The first-order chi connectivity index (χ1) is 6.66. The molecule has 0 bridgehead atoms. The molecule has 14 heavy (non-hydrogen) atoms. The van der Waals surface area contributed by atoms with Crippen molar-refractivity contribution in [1.29, 1.82) is 0 Å². The van der Waals surface area contributed by atoms with Gasteiger partial charge in [-0.3, -0.25) is 5.10 Å². The Morgan fingerprint density at radius 1 is 1.50 bits per heavy atom. The van der Waals surface area contributed by atoms with Crippen LogP contribution in [-0.2, 0) is 0 Å². The molecule has 0 saturated heterocycles. The molecule has 0 aliphatic heterocycles. The molecule has 0 radical (unpaired) electrons. The minimum atomic E-state index is 1.07. The van der Waals surface area contributed by atoms with Gasteiger partial charge in [0.25, 0.3) is 0 Å². The van der Waals surface area contributed by atoms with Crippen molar-refractivity contribution in [2.45, 2.75) is 20.8 Å². The number of aromatic nitrogens is 2. The minimum Gasteiger partial charge on any atom is -0.285 e. The van der Waals surface area contributed by atoms with Gasteiger partial charge in [-0.2, -0.15) is 5.10 Å². The van der Waals surface area contributed by atoms with Crippen LogP contribution in [0.2, 0.25) is 0 Å². The molecular weight excluding hydrogens is 172 g/mol. The molecule has 1 heterocycles. The zero-order valence-electron chi connectivity index (χ0n) is 8.96. The summed E-state index contributed by atoms with van der Waals surface area (Å²) in [4.78, 5) is 0. The van der Waals surface area contributed by atoms with E-state index in [1.807, 2.05) is 32.3 Å². The monoisotopic (exact) mass is 188 g/mol. The Balaban J connectivity index is 3.17. The Morgan fingerprint density at radius 3 is 2.64 bits per heavy atom. The lowest BCUT2D eigenvalue weighted by molar-refractivity contribution is 1.09. The quantitative estimate of drug-likeness (QED) is 0.724. The summed E-state index contributed by atoms with van der Waals surface area (Å²) in [5, 5.41) is 6.74. The van der Waals surface area contributed by atoms with Crippen molar-refractivity contribution in [3.05, 3.63) is 47.8 Å². The third-order valence-electron chi connectivity index (χ3n) is 2.13. The molecule has 0 atom stereocenters. The van der Waals surface area contributed by atoms with Gasteiger partial charge in [-0.15, -0.1) is 0 Å². The number of H-pyrrole nitrogens is 1. The van der Waals surface area contributed by atoms with Gasteiger partial charge in [0.2, 0.25) is 0 Å². The SMILES string of the molecule is C=C(C)C(/C=C\C)=C(\C)c1cn[nH]c1. The van der Waals surface area contributed by atoms with Gasteiger partial charge in [0.05, 0.1) is 6.20 Å². The number of nitrogens with one attached hydrogen (secondary N) is 1. The molecule has 0 fully saturated rings. The standard InChI is InChI=1S/C12H16N2/c1-5-6-12(9(2)3)10(4)11-7-13-14-8-11/h5-8H,2H2,1,3-4H3,(H,13,14)/b6-5-,12-10+. The molecule has 74 valence electrons. The largest absolute Gasteiger partial charge is 0.285 e. The summed E-state index contributed by atoms with van der Waals surface area (Å²) >= 11 is 0. The van der Waals surface area contributed by atoms with Crippen LogP contribution < -0.4 is 0 Å². The molecule has 1 aromatic heterocycles. The van der Waals surface area contributed by atoms with E-state index in [2.05, 4.69) is 29.8 Å². The molecule has 1 rings (SSSR count). The number of allylic oxidation sites excluding steroid dienone is 5. The lowest BCUT2D eigenvalue weighted by atomic mass is 9.99. The van der Waals surface area contributed by atoms with Crippen molar-refractivity contribution in [2.75, 3.05) is 0 Å². The van der Waals surface area contributed by atoms with Gasteiger partial charge in [0.1, 0.15) is 0 Å². The number of hydrogen-bond donors (Lipinski definition) is 1. The Labute approximate surface area is 85.0 Å². The highest BCUT2D eigenvalue weighted by atomic mass is 15.1. The van der Waals surface area contributed by atoms with Gasteiger partial charge in [-0.05, 0) is 31.9 Å². The van der Waals surface area contributed by atoms with Crippen LogP contribution in [0.15, 0.2) is 42.3 Å². The van der Waals surface area contributed by atoms with Crippen molar-refractivity contribution in [2.24, 2.45) is 0 Å². The molecule has 0 spiro atoms. The Bertz CT molecular complexity index is 367. The Hall–Kier alpha value is -1.57. The van der Waals surface area contributed by atoms with Gasteiger partial charge < -0.3 is 0 Å². The normalized spacial score (nSPS) is 13.1. The van der Waals surface area contributed by atoms with Gasteiger partial charge in [-0.1, -0.05) is 24.3 Å². The van der Waals surface area contributed by atoms with Gasteiger partial charge in [0, 0.05) is 11.8 Å². The molecule has 1 N–H and O–H groups in total. The molecule has 1 aromatic rings. The molecular formula is C12H16N2. The summed E-state index contributed by atoms with van der Waals surface area (Å²) in [6.45, 7) is 10.1. The fourth-order valence-corrected chi connectivity index (χ4v) is 1.37. The highest BCUT2D eigenvalue weighted by Gasteiger charge is 2.03. The van der Waals surface area contributed by atoms with E-state index in [1.165, 1.54) is 11.1 Å². The van der Waals surface area contributed by atoms with Crippen LogP contribution in [-0.4, -0.2) is 10.2 Å². The first-order valence-electron chi connectivity index (χ1n) is 4.65. The Kier molecular flexibility index (Phi) is 3.46. The van der Waals surface area contributed by atoms with E-state index >= 15 is 0 Å². The van der Waals surface area contributed by atoms with Crippen LogP contribution >= 0.6 is 0 Å². The van der Waals surface area contributed by atoms with E-state index < -0.39 is 0 Å². The second kappa shape index (κ2) is 4.61. The summed E-state index contributed by atoms with van der Waals surface area (Å²) in [7, 11) is 0. The number of nitrogens with zero attached hydrogens (tertiary/aromatic N) is 1. The average molecular weight is 188 g/mol. The maximum absolute atomic E-state index is 3.97. The van der Waals surface area contributed by atoms with E-state index in [0.717, 1.165) is 11.1 Å². The molecule has 2 nitrogen and oxygen atoms in total. The van der Waals surface area contributed by atoms with Crippen LogP contribution in [0.25, 0.3) is 5.57 Å². The fraction of sp³-hybridized carbons (Fsp3) is 0.250. The van der Waals surface area contributed by atoms with Crippen molar-refractivity contribution >= 4 is 5.57 Å². The van der Waals surface area contributed by atoms with E-state index in [-0.39, 0.29) is 0 Å². The van der Waals surface area contributed by atoms with Crippen molar-refractivity contribution < 1.29 is 0 Å². The first kappa shape index (κ1) is 10.5.